The summed E-state index contributed by atoms with van der Waals surface area (Å²) < 4.78 is 5.33. The number of esters is 1. The summed E-state index contributed by atoms with van der Waals surface area (Å²) in [5.41, 5.74) is 6.06. The van der Waals surface area contributed by atoms with Gasteiger partial charge in [0.05, 0.1) is 5.41 Å². The Morgan fingerprint density at radius 3 is 2.41 bits per heavy atom. The van der Waals surface area contributed by atoms with E-state index in [1.807, 2.05) is 51.1 Å². The molecule has 17 heavy (non-hydrogen) atoms. The van der Waals surface area contributed by atoms with E-state index in [0.717, 1.165) is 5.56 Å². The average Bonchev–Trinajstić information content (AvgIpc) is 2.35. The van der Waals surface area contributed by atoms with E-state index in [2.05, 4.69) is 0 Å². The molecule has 0 saturated carbocycles. The van der Waals surface area contributed by atoms with Crippen molar-refractivity contribution in [2.24, 2.45) is 17.1 Å². The van der Waals surface area contributed by atoms with Crippen molar-refractivity contribution in [1.29, 1.82) is 0 Å². The predicted molar refractivity (Wildman–Crippen MR) is 68.2 cm³/mol. The van der Waals surface area contributed by atoms with Gasteiger partial charge in [0, 0.05) is 6.54 Å². The van der Waals surface area contributed by atoms with Crippen LogP contribution in [0.4, 0.5) is 0 Å². The van der Waals surface area contributed by atoms with Gasteiger partial charge in [-0.1, -0.05) is 44.2 Å². The lowest BCUT2D eigenvalue weighted by Gasteiger charge is -2.29. The van der Waals surface area contributed by atoms with Crippen LogP contribution >= 0.6 is 0 Å². The number of benzene rings is 1. The largest absolute Gasteiger partial charge is 0.460 e. The summed E-state index contributed by atoms with van der Waals surface area (Å²) >= 11 is 0. The highest BCUT2D eigenvalue weighted by Crippen LogP contribution is 2.27. The molecule has 0 heterocycles. The van der Waals surface area contributed by atoms with Crippen LogP contribution < -0.4 is 5.73 Å². The molecular formula is C14H21NO2. The van der Waals surface area contributed by atoms with Gasteiger partial charge in [0.1, 0.15) is 6.61 Å². The quantitative estimate of drug-likeness (QED) is 0.797. The molecule has 0 aliphatic heterocycles. The lowest BCUT2D eigenvalue weighted by molar-refractivity contribution is -0.158. The summed E-state index contributed by atoms with van der Waals surface area (Å²) in [7, 11) is 0. The minimum Gasteiger partial charge on any atom is -0.460 e. The molecule has 0 amide bonds. The van der Waals surface area contributed by atoms with Gasteiger partial charge in [-0.05, 0) is 18.4 Å². The Balaban J connectivity index is 2.61. The Hall–Kier alpha value is -1.35. The van der Waals surface area contributed by atoms with Crippen LogP contribution in [0.15, 0.2) is 30.3 Å². The smallest absolute Gasteiger partial charge is 0.313 e. The average molecular weight is 235 g/mol. The van der Waals surface area contributed by atoms with E-state index in [0.29, 0.717) is 13.2 Å². The van der Waals surface area contributed by atoms with Crippen molar-refractivity contribution in [3.8, 4) is 0 Å². The molecule has 1 aromatic rings. The van der Waals surface area contributed by atoms with Crippen LogP contribution in [0.5, 0.6) is 0 Å². The van der Waals surface area contributed by atoms with Gasteiger partial charge in [-0.25, -0.2) is 0 Å². The standard InChI is InChI=1S/C14H21NO2/c1-11(2)14(3,10-15)13(16)17-9-12-7-5-4-6-8-12/h4-8,11H,9-10,15H2,1-3H3. The van der Waals surface area contributed by atoms with E-state index in [1.54, 1.807) is 0 Å². The van der Waals surface area contributed by atoms with Gasteiger partial charge in [-0.15, -0.1) is 0 Å². The Kier molecular flexibility index (Phi) is 4.70. The van der Waals surface area contributed by atoms with E-state index >= 15 is 0 Å². The fraction of sp³-hybridized carbons (Fsp3) is 0.500. The number of hydrogen-bond donors (Lipinski definition) is 1. The molecule has 0 spiro atoms. The minimum atomic E-state index is -0.602. The maximum atomic E-state index is 12.0. The topological polar surface area (TPSA) is 52.3 Å². The Morgan fingerprint density at radius 1 is 1.35 bits per heavy atom. The van der Waals surface area contributed by atoms with Crippen molar-refractivity contribution in [3.63, 3.8) is 0 Å². The zero-order chi connectivity index (χ0) is 12.9. The fourth-order valence-corrected chi connectivity index (χ4v) is 1.44. The highest BCUT2D eigenvalue weighted by molar-refractivity contribution is 5.77. The van der Waals surface area contributed by atoms with Crippen LogP contribution in [-0.4, -0.2) is 12.5 Å². The monoisotopic (exact) mass is 235 g/mol. The molecule has 1 atom stereocenters. The molecule has 2 N–H and O–H groups in total. The van der Waals surface area contributed by atoms with E-state index < -0.39 is 5.41 Å². The first-order valence-electron chi connectivity index (χ1n) is 5.92. The molecule has 1 unspecified atom stereocenters. The first kappa shape index (κ1) is 13.7. The molecule has 0 aromatic heterocycles. The van der Waals surface area contributed by atoms with E-state index in [4.69, 9.17) is 10.5 Å². The second-order valence-electron chi connectivity index (χ2n) is 4.84. The third kappa shape index (κ3) is 3.30. The van der Waals surface area contributed by atoms with Crippen LogP contribution in [0, 0.1) is 11.3 Å². The van der Waals surface area contributed by atoms with Gasteiger partial charge in [-0.3, -0.25) is 4.79 Å². The number of carbonyl (C=O) groups is 1. The molecule has 0 fully saturated rings. The summed E-state index contributed by atoms with van der Waals surface area (Å²) in [6, 6.07) is 9.65. The first-order valence-corrected chi connectivity index (χ1v) is 5.92. The van der Waals surface area contributed by atoms with Crippen LogP contribution in [0.2, 0.25) is 0 Å². The second-order valence-corrected chi connectivity index (χ2v) is 4.84. The third-order valence-corrected chi connectivity index (χ3v) is 3.38. The molecule has 1 rings (SSSR count). The maximum absolute atomic E-state index is 12.0. The summed E-state index contributed by atoms with van der Waals surface area (Å²) in [5.74, 6) is -0.0605. The summed E-state index contributed by atoms with van der Waals surface area (Å²) in [6.07, 6.45) is 0. The van der Waals surface area contributed by atoms with Gasteiger partial charge in [0.2, 0.25) is 0 Å². The van der Waals surface area contributed by atoms with Gasteiger partial charge in [0.25, 0.3) is 0 Å². The molecular weight excluding hydrogens is 214 g/mol. The van der Waals surface area contributed by atoms with Gasteiger partial charge in [-0.2, -0.15) is 0 Å². The fourth-order valence-electron chi connectivity index (χ4n) is 1.44. The van der Waals surface area contributed by atoms with Crippen molar-refractivity contribution in [2.45, 2.75) is 27.4 Å². The first-order chi connectivity index (χ1) is 8.00. The molecule has 0 bridgehead atoms. The molecule has 0 radical (unpaired) electrons. The zero-order valence-electron chi connectivity index (χ0n) is 10.8. The maximum Gasteiger partial charge on any atom is 0.313 e. The SMILES string of the molecule is CC(C)C(C)(CN)C(=O)OCc1ccccc1. The molecule has 0 saturated heterocycles. The molecule has 94 valence electrons. The summed E-state index contributed by atoms with van der Waals surface area (Å²) in [6.45, 7) is 6.43. The third-order valence-electron chi connectivity index (χ3n) is 3.38. The molecule has 1 aromatic carbocycles. The zero-order valence-corrected chi connectivity index (χ0v) is 10.8. The Labute approximate surface area is 103 Å². The molecule has 0 aliphatic carbocycles. The Morgan fingerprint density at radius 2 is 1.94 bits per heavy atom. The van der Waals surface area contributed by atoms with Gasteiger partial charge in [0.15, 0.2) is 0 Å². The number of carbonyl (C=O) groups excluding carboxylic acids is 1. The van der Waals surface area contributed by atoms with Crippen LogP contribution in [-0.2, 0) is 16.1 Å². The molecule has 3 heteroatoms. The number of nitrogens with two attached hydrogens (primary N) is 1. The lowest BCUT2D eigenvalue weighted by atomic mass is 9.79. The van der Waals surface area contributed by atoms with Crippen molar-refractivity contribution >= 4 is 5.97 Å². The minimum absolute atomic E-state index is 0.163. The van der Waals surface area contributed by atoms with E-state index in [-0.39, 0.29) is 11.9 Å². The van der Waals surface area contributed by atoms with Crippen molar-refractivity contribution in [1.82, 2.24) is 0 Å². The van der Waals surface area contributed by atoms with Gasteiger partial charge < -0.3 is 10.5 Å². The lowest BCUT2D eigenvalue weighted by Crippen LogP contribution is -2.41. The Bertz CT molecular complexity index is 362. The highest BCUT2D eigenvalue weighted by atomic mass is 16.5. The summed E-state index contributed by atoms with van der Waals surface area (Å²) in [4.78, 5) is 12.0. The van der Waals surface area contributed by atoms with Crippen LogP contribution in [0.25, 0.3) is 0 Å². The van der Waals surface area contributed by atoms with E-state index in [1.165, 1.54) is 0 Å². The highest BCUT2D eigenvalue weighted by Gasteiger charge is 2.36. The van der Waals surface area contributed by atoms with Gasteiger partial charge >= 0.3 is 5.97 Å². The number of hydrogen-bond acceptors (Lipinski definition) is 3. The van der Waals surface area contributed by atoms with Crippen molar-refractivity contribution < 1.29 is 9.53 Å². The van der Waals surface area contributed by atoms with Crippen molar-refractivity contribution in [3.05, 3.63) is 35.9 Å². The van der Waals surface area contributed by atoms with Crippen LogP contribution in [0.1, 0.15) is 26.3 Å². The van der Waals surface area contributed by atoms with Crippen molar-refractivity contribution in [2.75, 3.05) is 6.54 Å². The van der Waals surface area contributed by atoms with Crippen LogP contribution in [0.3, 0.4) is 0 Å². The molecule has 3 nitrogen and oxygen atoms in total. The summed E-state index contributed by atoms with van der Waals surface area (Å²) in [5, 5.41) is 0. The second kappa shape index (κ2) is 5.82. The predicted octanol–water partition coefficient (Wildman–Crippen LogP) is 2.35. The molecule has 0 aliphatic rings. The number of ether oxygens (including phenoxy) is 1. The number of rotatable bonds is 5. The van der Waals surface area contributed by atoms with E-state index in [9.17, 15) is 4.79 Å². The normalized spacial score (nSPS) is 14.4.